The minimum absolute atomic E-state index is 0.439. The van der Waals surface area contributed by atoms with Crippen molar-refractivity contribution in [2.24, 2.45) is 43.3 Å². The van der Waals surface area contributed by atoms with E-state index in [0.717, 1.165) is 0 Å². The number of rotatable bonds is 6. The quantitative estimate of drug-likeness (QED) is 0.208. The number of unbranched alkanes of at least 4 members (excludes halogenated alkanes) is 1. The molecule has 0 saturated heterocycles. The third kappa shape index (κ3) is 69.8. The smallest absolute Gasteiger partial charge is 0.0302 e. The molecule has 43 heavy (non-hydrogen) atoms. The van der Waals surface area contributed by atoms with Crippen LogP contribution in [-0.2, 0) is 0 Å². The van der Waals surface area contributed by atoms with Crippen molar-refractivity contribution in [2.45, 2.75) is 224 Å². The number of allylic oxidation sites excluding steroid dienone is 2. The Morgan fingerprint density at radius 3 is 0.581 bits per heavy atom. The fourth-order valence-electron chi connectivity index (χ4n) is 4.53. The Labute approximate surface area is 278 Å². The average molecular weight is 609 g/mol. The first-order valence-corrected chi connectivity index (χ1v) is 18.0. The van der Waals surface area contributed by atoms with Gasteiger partial charge in [0, 0.05) is 0 Å². The van der Waals surface area contributed by atoms with Crippen molar-refractivity contribution in [1.82, 2.24) is 0 Å². The van der Waals surface area contributed by atoms with Gasteiger partial charge in [-0.05, 0) is 88.3 Å². The van der Waals surface area contributed by atoms with Crippen molar-refractivity contribution in [2.75, 3.05) is 0 Å². The Morgan fingerprint density at radius 1 is 0.256 bits per heavy atom. The summed E-state index contributed by atoms with van der Waals surface area (Å²) in [5.41, 5.74) is 3.91. The molecule has 0 fully saturated rings. The summed E-state index contributed by atoms with van der Waals surface area (Å²) >= 11 is 0. The lowest BCUT2D eigenvalue weighted by molar-refractivity contribution is 0.233. The lowest BCUT2D eigenvalue weighted by Crippen LogP contribution is -2.16. The zero-order valence-electron chi connectivity index (χ0n) is 35.5. The summed E-state index contributed by atoms with van der Waals surface area (Å²) in [5.74, 6) is 0. The van der Waals surface area contributed by atoms with Gasteiger partial charge in [-0.1, -0.05) is 191 Å². The van der Waals surface area contributed by atoms with E-state index >= 15 is 0 Å². The molecule has 0 spiro atoms. The molecule has 0 bridgehead atoms. The highest BCUT2D eigenvalue weighted by Crippen LogP contribution is 2.32. The van der Waals surface area contributed by atoms with Gasteiger partial charge in [0.15, 0.2) is 0 Å². The normalized spacial score (nSPS) is 13.9. The molecule has 0 aromatic carbocycles. The molecule has 0 heteroatoms. The molecule has 0 N–H and O–H groups in total. The van der Waals surface area contributed by atoms with Gasteiger partial charge in [0.25, 0.3) is 0 Å². The molecular formula is C43H92. The molecule has 0 atom stereocenters. The molecule has 0 nitrogen and oxygen atoms in total. The maximum absolute atomic E-state index is 2.32. The molecule has 0 heterocycles. The summed E-state index contributed by atoms with van der Waals surface area (Å²) in [7, 11) is 0. The monoisotopic (exact) mass is 609 g/mol. The Bertz CT molecular complexity index is 598. The SMILES string of the molecule is CC(C)(C)C/C=C\CC(C)(C)C.CC(C)(C)CC(C)(C)C.CC(C)(C)CCC(C)(C)C.CC(C)(C)CCCCC(C)(C)C. The summed E-state index contributed by atoms with van der Waals surface area (Å²) in [5, 5.41) is 0. The fourth-order valence-corrected chi connectivity index (χ4v) is 4.53. The molecule has 0 aromatic rings. The first-order valence-electron chi connectivity index (χ1n) is 18.0. The van der Waals surface area contributed by atoms with Crippen molar-refractivity contribution in [3.63, 3.8) is 0 Å². The van der Waals surface area contributed by atoms with E-state index in [0.29, 0.717) is 43.3 Å². The Kier molecular flexibility index (Phi) is 23.2. The highest BCUT2D eigenvalue weighted by molar-refractivity contribution is 4.88. The maximum Gasteiger partial charge on any atom is -0.0302 e. The predicted molar refractivity (Wildman–Crippen MR) is 206 cm³/mol. The van der Waals surface area contributed by atoms with Crippen molar-refractivity contribution in [1.29, 1.82) is 0 Å². The van der Waals surface area contributed by atoms with E-state index in [1.165, 1.54) is 57.8 Å². The summed E-state index contributed by atoms with van der Waals surface area (Å²) in [6.45, 7) is 55.1. The Morgan fingerprint density at radius 2 is 0.465 bits per heavy atom. The first-order chi connectivity index (χ1) is 18.3. The van der Waals surface area contributed by atoms with E-state index in [1.807, 2.05) is 0 Å². The third-order valence-electron chi connectivity index (χ3n) is 6.42. The van der Waals surface area contributed by atoms with Gasteiger partial charge in [0.05, 0.1) is 0 Å². The van der Waals surface area contributed by atoms with Crippen LogP contribution in [0.1, 0.15) is 224 Å². The maximum atomic E-state index is 2.32. The van der Waals surface area contributed by atoms with Crippen LogP contribution >= 0.6 is 0 Å². The molecule has 0 aromatic heterocycles. The van der Waals surface area contributed by atoms with E-state index in [1.54, 1.807) is 0 Å². The lowest BCUT2D eigenvalue weighted by atomic mass is 9.78. The van der Waals surface area contributed by atoms with Crippen LogP contribution in [0.4, 0.5) is 0 Å². The van der Waals surface area contributed by atoms with Crippen LogP contribution in [0.5, 0.6) is 0 Å². The van der Waals surface area contributed by atoms with E-state index in [2.05, 4.69) is 178 Å². The Balaban J connectivity index is -0.000000237. The van der Waals surface area contributed by atoms with Gasteiger partial charge in [0.1, 0.15) is 0 Å². The van der Waals surface area contributed by atoms with E-state index in [9.17, 15) is 0 Å². The second-order valence-electron chi connectivity index (χ2n) is 23.2. The minimum atomic E-state index is 0.439. The molecule has 0 amide bonds. The largest absolute Gasteiger partial charge is 0.0880 e. The van der Waals surface area contributed by atoms with E-state index in [-0.39, 0.29) is 0 Å². The third-order valence-corrected chi connectivity index (χ3v) is 6.42. The van der Waals surface area contributed by atoms with Gasteiger partial charge in [0.2, 0.25) is 0 Å². The highest BCUT2D eigenvalue weighted by Gasteiger charge is 2.20. The van der Waals surface area contributed by atoms with Crippen molar-refractivity contribution in [3.8, 4) is 0 Å². The van der Waals surface area contributed by atoms with Crippen molar-refractivity contribution in [3.05, 3.63) is 12.2 Å². The van der Waals surface area contributed by atoms with Gasteiger partial charge in [-0.15, -0.1) is 0 Å². The second-order valence-corrected chi connectivity index (χ2v) is 23.2. The minimum Gasteiger partial charge on any atom is -0.0880 e. The van der Waals surface area contributed by atoms with Crippen LogP contribution in [0, 0.1) is 43.3 Å². The number of hydrogen-bond donors (Lipinski definition) is 0. The predicted octanol–water partition coefficient (Wildman–Crippen LogP) is 16.4. The zero-order chi connectivity index (χ0) is 35.8. The van der Waals surface area contributed by atoms with Gasteiger partial charge in [-0.25, -0.2) is 0 Å². The van der Waals surface area contributed by atoms with Gasteiger partial charge in [-0.3, -0.25) is 0 Å². The van der Waals surface area contributed by atoms with Gasteiger partial charge >= 0.3 is 0 Å². The summed E-state index contributed by atoms with van der Waals surface area (Å²) in [4.78, 5) is 0. The second kappa shape index (κ2) is 20.1. The van der Waals surface area contributed by atoms with Crippen LogP contribution in [0.3, 0.4) is 0 Å². The molecule has 0 aliphatic rings. The van der Waals surface area contributed by atoms with E-state index < -0.39 is 0 Å². The topological polar surface area (TPSA) is 0 Å². The number of hydrogen-bond acceptors (Lipinski definition) is 0. The molecular weight excluding hydrogens is 516 g/mol. The van der Waals surface area contributed by atoms with Crippen molar-refractivity contribution < 1.29 is 0 Å². The molecule has 0 aliphatic heterocycles. The van der Waals surface area contributed by atoms with Gasteiger partial charge < -0.3 is 0 Å². The van der Waals surface area contributed by atoms with Crippen LogP contribution < -0.4 is 0 Å². The van der Waals surface area contributed by atoms with Crippen molar-refractivity contribution >= 4 is 0 Å². The summed E-state index contributed by atoms with van der Waals surface area (Å²) in [6, 6.07) is 0. The zero-order valence-corrected chi connectivity index (χ0v) is 35.5. The summed E-state index contributed by atoms with van der Waals surface area (Å²) in [6.07, 6.45) is 16.4. The molecule has 0 rings (SSSR count). The highest BCUT2D eigenvalue weighted by atomic mass is 14.3. The average Bonchev–Trinajstić information content (AvgIpc) is 2.62. The van der Waals surface area contributed by atoms with E-state index in [4.69, 9.17) is 0 Å². The molecule has 0 unspecified atom stereocenters. The van der Waals surface area contributed by atoms with Crippen LogP contribution in [0.25, 0.3) is 0 Å². The summed E-state index contributed by atoms with van der Waals surface area (Å²) < 4.78 is 0. The molecule has 264 valence electrons. The van der Waals surface area contributed by atoms with Gasteiger partial charge in [-0.2, -0.15) is 0 Å². The van der Waals surface area contributed by atoms with Crippen LogP contribution in [0.2, 0.25) is 0 Å². The van der Waals surface area contributed by atoms with Crippen LogP contribution in [0.15, 0.2) is 12.2 Å². The standard InChI is InChI=1S/C12H26.C12H24.C10H22.C9H20/c2*1-11(2,3)9-7-8-10-12(4,5)6;1-9(2,3)7-8-10(4,5)6;1-8(2,3)7-9(4,5)6/h7-10H2,1-6H3;7-8H,9-10H2,1-6H3;7-8H2,1-6H3;7H2,1-6H3/b;8-7-;;. The fraction of sp³-hybridized carbons (Fsp3) is 0.953. The Hall–Kier alpha value is -0.260. The van der Waals surface area contributed by atoms with Crippen LogP contribution in [-0.4, -0.2) is 0 Å². The lowest BCUT2D eigenvalue weighted by Gasteiger charge is -2.28. The molecule has 0 aliphatic carbocycles. The first kappa shape index (κ1) is 49.6. The molecule has 0 saturated carbocycles. The molecule has 0 radical (unpaired) electrons.